The second kappa shape index (κ2) is 6.21. The van der Waals surface area contributed by atoms with Crippen LogP contribution < -0.4 is 5.32 Å². The van der Waals surface area contributed by atoms with Gasteiger partial charge in [-0.2, -0.15) is 0 Å². The van der Waals surface area contributed by atoms with Gasteiger partial charge in [-0.1, -0.05) is 0 Å². The molecule has 0 atom stereocenters. The minimum absolute atomic E-state index is 0.290. The minimum atomic E-state index is -0.599. The SMILES string of the molecule is CCOC(=O)N/C=C/C(=O)OC. The molecule has 5 nitrogen and oxygen atoms in total. The fraction of sp³-hybridized carbons (Fsp3) is 0.429. The van der Waals surface area contributed by atoms with Gasteiger partial charge in [0, 0.05) is 12.3 Å². The summed E-state index contributed by atoms with van der Waals surface area (Å²) in [7, 11) is 1.25. The van der Waals surface area contributed by atoms with Gasteiger partial charge in [0.15, 0.2) is 0 Å². The second-order valence-electron chi connectivity index (χ2n) is 1.72. The molecule has 0 aliphatic rings. The van der Waals surface area contributed by atoms with E-state index in [0.29, 0.717) is 0 Å². The van der Waals surface area contributed by atoms with E-state index < -0.39 is 12.1 Å². The lowest BCUT2D eigenvalue weighted by Crippen LogP contribution is -2.18. The van der Waals surface area contributed by atoms with Gasteiger partial charge in [0.05, 0.1) is 13.7 Å². The topological polar surface area (TPSA) is 64.6 Å². The molecule has 0 fully saturated rings. The Morgan fingerprint density at radius 3 is 2.67 bits per heavy atom. The zero-order valence-electron chi connectivity index (χ0n) is 6.99. The van der Waals surface area contributed by atoms with Crippen molar-refractivity contribution in [2.45, 2.75) is 6.92 Å². The van der Waals surface area contributed by atoms with Crippen LogP contribution in [0.2, 0.25) is 0 Å². The van der Waals surface area contributed by atoms with E-state index in [1.54, 1.807) is 6.92 Å². The van der Waals surface area contributed by atoms with Gasteiger partial charge in [-0.05, 0) is 6.92 Å². The molecule has 12 heavy (non-hydrogen) atoms. The van der Waals surface area contributed by atoms with Crippen molar-refractivity contribution >= 4 is 12.1 Å². The van der Waals surface area contributed by atoms with Crippen LogP contribution in [0.1, 0.15) is 6.92 Å². The fourth-order valence-corrected chi connectivity index (χ4v) is 0.419. The minimum Gasteiger partial charge on any atom is -0.466 e. The molecule has 0 saturated carbocycles. The van der Waals surface area contributed by atoms with E-state index in [1.165, 1.54) is 7.11 Å². The summed E-state index contributed by atoms with van der Waals surface area (Å²) in [6.07, 6.45) is 1.64. The first-order valence-electron chi connectivity index (χ1n) is 3.38. The number of carbonyl (C=O) groups is 2. The maximum absolute atomic E-state index is 10.6. The number of ether oxygens (including phenoxy) is 2. The highest BCUT2D eigenvalue weighted by Gasteiger charge is 1.95. The summed E-state index contributed by atoms with van der Waals surface area (Å²) in [6, 6.07) is 0. The fourth-order valence-electron chi connectivity index (χ4n) is 0.419. The molecule has 0 spiro atoms. The molecule has 0 unspecified atom stereocenters. The number of methoxy groups -OCH3 is 1. The number of hydrogen-bond donors (Lipinski definition) is 1. The van der Waals surface area contributed by atoms with Gasteiger partial charge in [-0.25, -0.2) is 9.59 Å². The van der Waals surface area contributed by atoms with Crippen LogP contribution in [0.25, 0.3) is 0 Å². The van der Waals surface area contributed by atoms with Gasteiger partial charge in [-0.15, -0.1) is 0 Å². The molecule has 0 aliphatic carbocycles. The summed E-state index contributed by atoms with van der Waals surface area (Å²) < 4.78 is 8.78. The summed E-state index contributed by atoms with van der Waals surface area (Å²) in [5.74, 6) is -0.535. The molecule has 0 bridgehead atoms. The molecular weight excluding hydrogens is 162 g/mol. The Balaban J connectivity index is 3.59. The van der Waals surface area contributed by atoms with Crippen molar-refractivity contribution in [3.8, 4) is 0 Å². The van der Waals surface area contributed by atoms with Crippen molar-refractivity contribution in [2.75, 3.05) is 13.7 Å². The smallest absolute Gasteiger partial charge is 0.411 e. The van der Waals surface area contributed by atoms with Crippen LogP contribution in [0.15, 0.2) is 12.3 Å². The van der Waals surface area contributed by atoms with Crippen molar-refractivity contribution in [3.05, 3.63) is 12.3 Å². The zero-order valence-corrected chi connectivity index (χ0v) is 6.99. The second-order valence-corrected chi connectivity index (χ2v) is 1.72. The molecule has 0 aromatic rings. The summed E-state index contributed by atoms with van der Waals surface area (Å²) in [4.78, 5) is 21.0. The summed E-state index contributed by atoms with van der Waals surface area (Å²) >= 11 is 0. The monoisotopic (exact) mass is 173 g/mol. The molecule has 1 N–H and O–H groups in total. The van der Waals surface area contributed by atoms with Gasteiger partial charge in [0.1, 0.15) is 0 Å². The van der Waals surface area contributed by atoms with Gasteiger partial charge in [-0.3, -0.25) is 5.32 Å². The van der Waals surface area contributed by atoms with Crippen LogP contribution in [0, 0.1) is 0 Å². The lowest BCUT2D eigenvalue weighted by molar-refractivity contribution is -0.134. The number of amides is 1. The van der Waals surface area contributed by atoms with Crippen molar-refractivity contribution < 1.29 is 19.1 Å². The lowest BCUT2D eigenvalue weighted by atomic mass is 10.6. The number of alkyl carbamates (subject to hydrolysis) is 1. The van der Waals surface area contributed by atoms with Crippen molar-refractivity contribution in [1.29, 1.82) is 0 Å². The molecule has 0 heterocycles. The van der Waals surface area contributed by atoms with Crippen LogP contribution in [-0.2, 0) is 14.3 Å². The molecule has 0 saturated heterocycles. The van der Waals surface area contributed by atoms with E-state index in [-0.39, 0.29) is 6.61 Å². The highest BCUT2D eigenvalue weighted by atomic mass is 16.5. The largest absolute Gasteiger partial charge is 0.466 e. The highest BCUT2D eigenvalue weighted by Crippen LogP contribution is 1.78. The third-order valence-corrected chi connectivity index (χ3v) is 0.897. The van der Waals surface area contributed by atoms with E-state index in [0.717, 1.165) is 12.3 Å². The molecular formula is C7H11NO4. The first-order chi connectivity index (χ1) is 5.70. The van der Waals surface area contributed by atoms with E-state index in [9.17, 15) is 9.59 Å². The van der Waals surface area contributed by atoms with Crippen LogP contribution in [0.4, 0.5) is 4.79 Å². The maximum Gasteiger partial charge on any atom is 0.411 e. The predicted octanol–water partition coefficient (Wildman–Crippen LogP) is 0.419. The number of nitrogens with one attached hydrogen (secondary N) is 1. The van der Waals surface area contributed by atoms with Crippen LogP contribution in [-0.4, -0.2) is 25.8 Å². The third-order valence-electron chi connectivity index (χ3n) is 0.897. The van der Waals surface area contributed by atoms with Gasteiger partial charge in [0.2, 0.25) is 0 Å². The highest BCUT2D eigenvalue weighted by molar-refractivity contribution is 5.82. The summed E-state index contributed by atoms with van der Waals surface area (Å²) in [5.41, 5.74) is 0. The Hall–Kier alpha value is -1.52. The van der Waals surface area contributed by atoms with Gasteiger partial charge in [0.25, 0.3) is 0 Å². The summed E-state index contributed by atoms with van der Waals surface area (Å²) in [5, 5.41) is 2.21. The molecule has 0 radical (unpaired) electrons. The van der Waals surface area contributed by atoms with Crippen LogP contribution in [0.5, 0.6) is 0 Å². The quantitative estimate of drug-likeness (QED) is 0.496. The Morgan fingerprint density at radius 1 is 1.50 bits per heavy atom. The number of esters is 1. The first kappa shape index (κ1) is 10.5. The molecule has 0 aromatic heterocycles. The number of rotatable bonds is 3. The lowest BCUT2D eigenvalue weighted by Gasteiger charge is -1.98. The van der Waals surface area contributed by atoms with Gasteiger partial charge >= 0.3 is 12.1 Å². The molecule has 5 heteroatoms. The zero-order chi connectivity index (χ0) is 9.40. The average molecular weight is 173 g/mol. The summed E-state index contributed by atoms with van der Waals surface area (Å²) in [6.45, 7) is 1.97. The standard InChI is InChI=1S/C7H11NO4/c1-3-12-7(10)8-5-4-6(9)11-2/h4-5H,3H2,1-2H3,(H,8,10)/b5-4+. The van der Waals surface area contributed by atoms with E-state index in [2.05, 4.69) is 14.8 Å². The Bertz CT molecular complexity index is 188. The average Bonchev–Trinajstić information content (AvgIpc) is 2.04. The first-order valence-corrected chi connectivity index (χ1v) is 3.38. The van der Waals surface area contributed by atoms with Crippen LogP contribution in [0.3, 0.4) is 0 Å². The molecule has 0 aliphatic heterocycles. The van der Waals surface area contributed by atoms with E-state index >= 15 is 0 Å². The Morgan fingerprint density at radius 2 is 2.17 bits per heavy atom. The van der Waals surface area contributed by atoms with E-state index in [1.807, 2.05) is 0 Å². The Labute approximate surface area is 70.3 Å². The molecule has 0 aromatic carbocycles. The number of carbonyl (C=O) groups excluding carboxylic acids is 2. The van der Waals surface area contributed by atoms with Crippen molar-refractivity contribution in [1.82, 2.24) is 5.32 Å². The molecule has 1 amide bonds. The van der Waals surface area contributed by atoms with E-state index in [4.69, 9.17) is 0 Å². The Kier molecular flexibility index (Phi) is 5.42. The maximum atomic E-state index is 10.6. The normalized spacial score (nSPS) is 9.50. The predicted molar refractivity (Wildman–Crippen MR) is 41.3 cm³/mol. The number of hydrogen-bond acceptors (Lipinski definition) is 4. The molecule has 68 valence electrons. The molecule has 0 rings (SSSR count). The van der Waals surface area contributed by atoms with Gasteiger partial charge < -0.3 is 9.47 Å². The van der Waals surface area contributed by atoms with Crippen molar-refractivity contribution in [2.24, 2.45) is 0 Å². The van der Waals surface area contributed by atoms with Crippen molar-refractivity contribution in [3.63, 3.8) is 0 Å². The third kappa shape index (κ3) is 5.28. The van der Waals surface area contributed by atoms with Crippen LogP contribution >= 0.6 is 0 Å².